The van der Waals surface area contributed by atoms with Gasteiger partial charge in [0.25, 0.3) is 0 Å². The fourth-order valence-corrected chi connectivity index (χ4v) is 10.1. The quantitative estimate of drug-likeness (QED) is 0.0864. The van der Waals surface area contributed by atoms with Gasteiger partial charge in [0.15, 0.2) is 25.2 Å². The Kier molecular flexibility index (Phi) is 17.0. The van der Waals surface area contributed by atoms with Gasteiger partial charge in [-0.15, -0.1) is 0 Å². The van der Waals surface area contributed by atoms with E-state index in [0.29, 0.717) is 0 Å². The van der Waals surface area contributed by atoms with Crippen LogP contribution >= 0.6 is 0 Å². The normalized spacial score (nSPS) is 55.2. The summed E-state index contributed by atoms with van der Waals surface area (Å²) in [5.74, 6) is -1.26. The van der Waals surface area contributed by atoms with Crippen LogP contribution in [0.1, 0.15) is 45.4 Å². The molecule has 2 aliphatic carbocycles. The highest BCUT2D eigenvalue weighted by atomic mass is 16.7. The number of ether oxygens (including phenoxy) is 9. The number of rotatable bonds is 12. The number of fused-ring (bicyclic) bond motifs is 1. The molecule has 7 aliphatic rings. The molecular formula is C39H66O25. The summed E-state index contributed by atoms with van der Waals surface area (Å²) in [5, 5.41) is 169. The zero-order valence-electron chi connectivity index (χ0n) is 34.9. The Labute approximate surface area is 366 Å². The van der Waals surface area contributed by atoms with Crippen molar-refractivity contribution in [1.29, 1.82) is 0 Å². The molecule has 25 heteroatoms. The molecule has 29 unspecified atom stereocenters. The first-order valence-corrected chi connectivity index (χ1v) is 21.9. The van der Waals surface area contributed by atoms with Crippen molar-refractivity contribution in [2.45, 2.75) is 211 Å². The average molecular weight is 935 g/mol. The molecule has 25 nitrogen and oxygen atoms in total. The van der Waals surface area contributed by atoms with E-state index >= 15 is 0 Å². The van der Waals surface area contributed by atoms with E-state index in [1.165, 1.54) is 6.92 Å². The zero-order valence-corrected chi connectivity index (χ0v) is 34.9. The lowest BCUT2D eigenvalue weighted by Crippen LogP contribution is -2.64. The van der Waals surface area contributed by atoms with Crippen LogP contribution in [0.15, 0.2) is 0 Å². The molecule has 0 radical (unpaired) electrons. The number of aliphatic hydroxyl groups is 16. The topological polar surface area (TPSA) is 407 Å². The maximum atomic E-state index is 11.3. The molecule has 0 spiro atoms. The van der Waals surface area contributed by atoms with Crippen molar-refractivity contribution >= 4 is 0 Å². The van der Waals surface area contributed by atoms with Gasteiger partial charge >= 0.3 is 0 Å². The van der Waals surface area contributed by atoms with E-state index in [-0.39, 0.29) is 38.5 Å². The van der Waals surface area contributed by atoms with Gasteiger partial charge in [-0.05, 0) is 44.9 Å². The van der Waals surface area contributed by atoms with Crippen LogP contribution in [-0.4, -0.2) is 267 Å². The van der Waals surface area contributed by atoms with Crippen molar-refractivity contribution in [3.63, 3.8) is 0 Å². The number of aliphatic hydroxyl groups excluding tert-OH is 16. The number of hydrogen-bond donors (Lipinski definition) is 16. The predicted octanol–water partition coefficient (Wildman–Crippen LogP) is -8.52. The molecule has 16 N–H and O–H groups in total. The summed E-state index contributed by atoms with van der Waals surface area (Å²) >= 11 is 0. The molecule has 0 bridgehead atoms. The molecule has 5 heterocycles. The van der Waals surface area contributed by atoms with Gasteiger partial charge in [-0.25, -0.2) is 0 Å². The zero-order chi connectivity index (χ0) is 46.5. The van der Waals surface area contributed by atoms with E-state index in [1.807, 2.05) is 0 Å². The third-order valence-electron chi connectivity index (χ3n) is 14.0. The summed E-state index contributed by atoms with van der Waals surface area (Å²) in [4.78, 5) is 0. The maximum absolute atomic E-state index is 11.3. The van der Waals surface area contributed by atoms with Gasteiger partial charge in [-0.3, -0.25) is 0 Å². The van der Waals surface area contributed by atoms with E-state index in [4.69, 9.17) is 42.6 Å². The summed E-state index contributed by atoms with van der Waals surface area (Å²) in [6.07, 6.45) is -38.7. The monoisotopic (exact) mass is 934 g/mol. The molecule has 0 amide bonds. The predicted molar refractivity (Wildman–Crippen MR) is 202 cm³/mol. The average Bonchev–Trinajstić information content (AvgIpc) is 3.27. The highest BCUT2D eigenvalue weighted by molar-refractivity contribution is 5.01. The lowest BCUT2D eigenvalue weighted by Gasteiger charge is -2.53. The van der Waals surface area contributed by atoms with Crippen molar-refractivity contribution < 1.29 is 124 Å². The second-order valence-corrected chi connectivity index (χ2v) is 18.3. The second kappa shape index (κ2) is 21.3. The van der Waals surface area contributed by atoms with Gasteiger partial charge in [-0.2, -0.15) is 0 Å². The van der Waals surface area contributed by atoms with Crippen LogP contribution in [0.25, 0.3) is 0 Å². The molecule has 0 aromatic rings. The van der Waals surface area contributed by atoms with E-state index in [0.717, 1.165) is 0 Å². The third kappa shape index (κ3) is 10.4. The highest BCUT2D eigenvalue weighted by Gasteiger charge is 2.55. The van der Waals surface area contributed by atoms with Crippen LogP contribution in [0.4, 0.5) is 0 Å². The minimum absolute atomic E-state index is 0.0000193. The Bertz CT molecular complexity index is 1470. The van der Waals surface area contributed by atoms with E-state index in [2.05, 4.69) is 0 Å². The minimum Gasteiger partial charge on any atom is -0.394 e. The Morgan fingerprint density at radius 3 is 1.48 bits per heavy atom. The fourth-order valence-electron chi connectivity index (χ4n) is 10.1. The first-order chi connectivity index (χ1) is 30.3. The minimum atomic E-state index is -1.89. The van der Waals surface area contributed by atoms with Crippen molar-refractivity contribution in [2.75, 3.05) is 19.8 Å². The van der Waals surface area contributed by atoms with Crippen molar-refractivity contribution in [3.05, 3.63) is 0 Å². The maximum Gasteiger partial charge on any atom is 0.187 e. The summed E-state index contributed by atoms with van der Waals surface area (Å²) < 4.78 is 53.6. The fraction of sp³-hybridized carbons (Fsp3) is 1.00. The van der Waals surface area contributed by atoms with Crippen LogP contribution in [-0.2, 0) is 42.6 Å². The SMILES string of the molecule is CC1OC(OCC2OC(OC3CC4C(OC5OC(CO)C(O)C(O)C5O)CC(O)CC4OC3C3CCC(O)C(OC4OC(CO)C(O)C(O)C4O)C3)C(O)C(O)C2O)C(O)C(O)C1O. The molecule has 0 aromatic carbocycles. The van der Waals surface area contributed by atoms with Gasteiger partial charge in [0.1, 0.15) is 91.6 Å². The van der Waals surface area contributed by atoms with E-state index in [1.54, 1.807) is 0 Å². The van der Waals surface area contributed by atoms with Crippen LogP contribution in [0.3, 0.4) is 0 Å². The van der Waals surface area contributed by atoms with Crippen molar-refractivity contribution in [1.82, 2.24) is 0 Å². The Balaban J connectivity index is 1.12. The highest BCUT2D eigenvalue weighted by Crippen LogP contribution is 2.45. The third-order valence-corrected chi connectivity index (χ3v) is 14.0. The summed E-state index contributed by atoms with van der Waals surface area (Å²) in [6.45, 7) is -0.595. The molecule has 0 aromatic heterocycles. The molecule has 29 atom stereocenters. The molecule has 5 saturated heterocycles. The van der Waals surface area contributed by atoms with Crippen LogP contribution in [0, 0.1) is 11.8 Å². The van der Waals surface area contributed by atoms with Gasteiger partial charge in [0, 0.05) is 12.3 Å². The lowest BCUT2D eigenvalue weighted by molar-refractivity contribution is -0.352. The van der Waals surface area contributed by atoms with Gasteiger partial charge in [0.05, 0.1) is 68.7 Å². The van der Waals surface area contributed by atoms with E-state index < -0.39 is 197 Å². The molecule has 7 fully saturated rings. The standard InChI is InChI=1S/C39H66O25/c1-11-23(44)27(48)31(52)36(57-11)56-10-22-26(47)30(51)34(55)39(64-22)61-19-7-14-16(5-13(42)6-17(14)59-37-32(53)28(49)24(45)20(8-40)62-37)58-35(19)12-2-3-15(43)18(4-12)60-38-33(54)29(50)25(46)21(9-41)63-38/h11-55H,2-10H2,1H3. The van der Waals surface area contributed by atoms with Crippen LogP contribution in [0.5, 0.6) is 0 Å². The first kappa shape index (κ1) is 50.9. The Hall–Kier alpha value is -1.00. The summed E-state index contributed by atoms with van der Waals surface area (Å²) in [7, 11) is 0. The first-order valence-electron chi connectivity index (χ1n) is 21.9. The van der Waals surface area contributed by atoms with Gasteiger partial charge in [0.2, 0.25) is 0 Å². The molecule has 7 rings (SSSR count). The second-order valence-electron chi connectivity index (χ2n) is 18.3. The molecule has 64 heavy (non-hydrogen) atoms. The van der Waals surface area contributed by atoms with Crippen LogP contribution in [0.2, 0.25) is 0 Å². The van der Waals surface area contributed by atoms with Gasteiger partial charge < -0.3 is 124 Å². The lowest BCUT2D eigenvalue weighted by atomic mass is 9.72. The molecule has 2 saturated carbocycles. The molecule has 372 valence electrons. The molecular weight excluding hydrogens is 868 g/mol. The summed E-state index contributed by atoms with van der Waals surface area (Å²) in [5.41, 5.74) is 0. The van der Waals surface area contributed by atoms with E-state index in [9.17, 15) is 81.7 Å². The summed E-state index contributed by atoms with van der Waals surface area (Å²) in [6, 6.07) is 0. The Morgan fingerprint density at radius 2 is 0.922 bits per heavy atom. The molecule has 5 aliphatic heterocycles. The largest absolute Gasteiger partial charge is 0.394 e. The number of hydrogen-bond acceptors (Lipinski definition) is 25. The smallest absolute Gasteiger partial charge is 0.187 e. The van der Waals surface area contributed by atoms with Crippen molar-refractivity contribution in [2.24, 2.45) is 11.8 Å². The van der Waals surface area contributed by atoms with Crippen molar-refractivity contribution in [3.8, 4) is 0 Å². The Morgan fingerprint density at radius 1 is 0.438 bits per heavy atom. The van der Waals surface area contributed by atoms with Gasteiger partial charge in [-0.1, -0.05) is 0 Å². The van der Waals surface area contributed by atoms with Crippen LogP contribution < -0.4 is 0 Å².